The first-order valence-corrected chi connectivity index (χ1v) is 11.1. The van der Waals surface area contributed by atoms with Gasteiger partial charge in [0.05, 0.1) is 23.4 Å². The van der Waals surface area contributed by atoms with Crippen LogP contribution in [0.25, 0.3) is 21.9 Å². The van der Waals surface area contributed by atoms with Crippen LogP contribution in [0.4, 0.5) is 5.69 Å². The Labute approximate surface area is 174 Å². The molecule has 30 heavy (non-hydrogen) atoms. The number of rotatable bonds is 6. The van der Waals surface area contributed by atoms with E-state index in [1.165, 1.54) is 7.11 Å². The Morgan fingerprint density at radius 3 is 2.47 bits per heavy atom. The van der Waals surface area contributed by atoms with E-state index in [2.05, 4.69) is 5.32 Å². The lowest BCUT2D eigenvalue weighted by atomic mass is 10.1. The van der Waals surface area contributed by atoms with Crippen molar-refractivity contribution in [1.82, 2.24) is 0 Å². The van der Waals surface area contributed by atoms with Gasteiger partial charge in [0, 0.05) is 23.3 Å². The summed E-state index contributed by atoms with van der Waals surface area (Å²) in [6.07, 6.45) is -0.169. The smallest absolute Gasteiger partial charge is 0.225 e. The maximum atomic E-state index is 12.5. The average molecular weight is 423 g/mol. The topological polar surface area (TPSA) is 85.6 Å². The number of benzene rings is 3. The van der Waals surface area contributed by atoms with Crippen molar-refractivity contribution in [3.63, 3.8) is 0 Å². The molecule has 1 heterocycles. The molecule has 154 valence electrons. The fourth-order valence-corrected chi connectivity index (χ4v) is 4.56. The second-order valence-corrected chi connectivity index (χ2v) is 9.19. The van der Waals surface area contributed by atoms with Gasteiger partial charge in [0.15, 0.2) is 9.84 Å². The number of fused-ring (bicyclic) bond motifs is 3. The maximum Gasteiger partial charge on any atom is 0.225 e. The van der Waals surface area contributed by atoms with Gasteiger partial charge in [0.1, 0.15) is 16.9 Å². The Morgan fingerprint density at radius 2 is 1.73 bits per heavy atom. The number of carbonyl (C=O) groups excluding carboxylic acids is 1. The molecule has 0 saturated carbocycles. The molecule has 0 atom stereocenters. The van der Waals surface area contributed by atoms with Crippen molar-refractivity contribution in [3.8, 4) is 5.75 Å². The minimum absolute atomic E-state index is 0.169. The molecule has 0 aliphatic carbocycles. The largest absolute Gasteiger partial charge is 0.495 e. The molecule has 0 radical (unpaired) electrons. The molecule has 0 fully saturated rings. The lowest BCUT2D eigenvalue weighted by molar-refractivity contribution is -0.115. The predicted molar refractivity (Wildman–Crippen MR) is 117 cm³/mol. The zero-order valence-electron chi connectivity index (χ0n) is 16.6. The molecule has 0 aliphatic heterocycles. The summed E-state index contributed by atoms with van der Waals surface area (Å²) in [5, 5.41) is 4.57. The quantitative estimate of drug-likeness (QED) is 0.486. The normalized spacial score (nSPS) is 11.7. The minimum Gasteiger partial charge on any atom is -0.495 e. The highest BCUT2D eigenvalue weighted by Crippen LogP contribution is 2.36. The molecule has 0 unspecified atom stereocenters. The van der Waals surface area contributed by atoms with Gasteiger partial charge < -0.3 is 14.5 Å². The Hall–Kier alpha value is -3.32. The van der Waals surface area contributed by atoms with Gasteiger partial charge in [-0.15, -0.1) is 0 Å². The summed E-state index contributed by atoms with van der Waals surface area (Å²) in [7, 11) is -2.03. The molecule has 4 aromatic rings. The fraction of sp³-hybridized carbons (Fsp3) is 0.174. The van der Waals surface area contributed by atoms with E-state index in [9.17, 15) is 13.2 Å². The number of methoxy groups -OCH3 is 1. The summed E-state index contributed by atoms with van der Waals surface area (Å²) >= 11 is 0. The number of hydrogen-bond donors (Lipinski definition) is 1. The Kier molecular flexibility index (Phi) is 5.22. The highest BCUT2D eigenvalue weighted by Gasteiger charge is 2.18. The number of sulfone groups is 1. The molecule has 1 aromatic heterocycles. The van der Waals surface area contributed by atoms with E-state index in [1.54, 1.807) is 36.4 Å². The number of aryl methyl sites for hydroxylation is 1. The van der Waals surface area contributed by atoms with Gasteiger partial charge in [-0.1, -0.05) is 35.9 Å². The van der Waals surface area contributed by atoms with Crippen LogP contribution in [0.15, 0.2) is 70.0 Å². The molecule has 1 amide bonds. The molecule has 0 aliphatic rings. The molecule has 1 N–H and O–H groups in total. The summed E-state index contributed by atoms with van der Waals surface area (Å²) < 4.78 is 36.2. The van der Waals surface area contributed by atoms with Crippen LogP contribution in [0, 0.1) is 6.92 Å². The highest BCUT2D eigenvalue weighted by molar-refractivity contribution is 7.91. The standard InChI is InChI=1S/C23H21NO5S/c1-15-7-9-16(10-8-15)30(26,27)12-11-23(25)24-19-14-21-18(13-22(19)28-2)17-5-3-4-6-20(17)29-21/h3-10,13-14H,11-12H2,1-2H3,(H,24,25). The fourth-order valence-electron chi connectivity index (χ4n) is 3.32. The molecule has 0 saturated heterocycles. The van der Waals surface area contributed by atoms with Crippen LogP contribution in [-0.4, -0.2) is 27.2 Å². The van der Waals surface area contributed by atoms with Crippen LogP contribution >= 0.6 is 0 Å². The van der Waals surface area contributed by atoms with Crippen molar-refractivity contribution < 1.29 is 22.4 Å². The van der Waals surface area contributed by atoms with Crippen molar-refractivity contribution in [2.75, 3.05) is 18.2 Å². The van der Waals surface area contributed by atoms with Crippen molar-refractivity contribution in [3.05, 3.63) is 66.2 Å². The van der Waals surface area contributed by atoms with E-state index >= 15 is 0 Å². The van der Waals surface area contributed by atoms with Crippen molar-refractivity contribution >= 4 is 43.4 Å². The number of ether oxygens (including phenoxy) is 1. The Morgan fingerprint density at radius 1 is 1.00 bits per heavy atom. The van der Waals surface area contributed by atoms with Gasteiger partial charge in [0.2, 0.25) is 5.91 Å². The SMILES string of the molecule is COc1cc2c(cc1NC(=O)CCS(=O)(=O)c1ccc(C)cc1)oc1ccccc12. The van der Waals surface area contributed by atoms with Gasteiger partial charge in [0.25, 0.3) is 0 Å². The van der Waals surface area contributed by atoms with Crippen LogP contribution in [0.1, 0.15) is 12.0 Å². The van der Waals surface area contributed by atoms with E-state index in [4.69, 9.17) is 9.15 Å². The van der Waals surface area contributed by atoms with E-state index in [1.807, 2.05) is 31.2 Å². The number of nitrogens with one attached hydrogen (secondary N) is 1. The summed E-state index contributed by atoms with van der Waals surface area (Å²) in [4.78, 5) is 12.7. The molecular weight excluding hydrogens is 402 g/mol. The average Bonchev–Trinajstić information content (AvgIpc) is 3.09. The number of furan rings is 1. The summed E-state index contributed by atoms with van der Waals surface area (Å²) in [6.45, 7) is 1.88. The zero-order chi connectivity index (χ0) is 21.3. The summed E-state index contributed by atoms with van der Waals surface area (Å²) in [5.41, 5.74) is 2.75. The first kappa shape index (κ1) is 20.0. The van der Waals surface area contributed by atoms with Crippen LogP contribution in [0.5, 0.6) is 5.75 Å². The second-order valence-electron chi connectivity index (χ2n) is 7.08. The third-order valence-electron chi connectivity index (χ3n) is 4.95. The molecule has 6 nitrogen and oxygen atoms in total. The first-order valence-electron chi connectivity index (χ1n) is 9.46. The third kappa shape index (κ3) is 3.89. The van der Waals surface area contributed by atoms with Gasteiger partial charge in [-0.3, -0.25) is 4.79 Å². The van der Waals surface area contributed by atoms with Crippen LogP contribution < -0.4 is 10.1 Å². The minimum atomic E-state index is -3.54. The molecule has 3 aromatic carbocycles. The number of para-hydroxylation sites is 1. The molecule has 0 spiro atoms. The molecule has 7 heteroatoms. The van der Waals surface area contributed by atoms with Gasteiger partial charge in [-0.05, 0) is 31.2 Å². The summed E-state index contributed by atoms with van der Waals surface area (Å²) in [6, 6.07) is 17.7. The monoisotopic (exact) mass is 423 g/mol. The van der Waals surface area contributed by atoms with E-state index in [-0.39, 0.29) is 17.1 Å². The van der Waals surface area contributed by atoms with Crippen molar-refractivity contribution in [1.29, 1.82) is 0 Å². The maximum absolute atomic E-state index is 12.5. The highest BCUT2D eigenvalue weighted by atomic mass is 32.2. The van der Waals surface area contributed by atoms with Crippen LogP contribution in [0.2, 0.25) is 0 Å². The Bertz CT molecular complexity index is 1340. The number of carbonyl (C=O) groups is 1. The lowest BCUT2D eigenvalue weighted by Gasteiger charge is -2.11. The second kappa shape index (κ2) is 7.84. The predicted octanol–water partition coefficient (Wildman–Crippen LogP) is 4.71. The molecule has 4 rings (SSSR count). The van der Waals surface area contributed by atoms with Crippen LogP contribution in [0.3, 0.4) is 0 Å². The number of amides is 1. The van der Waals surface area contributed by atoms with E-state index < -0.39 is 15.7 Å². The molecular formula is C23H21NO5S. The first-order chi connectivity index (χ1) is 14.4. The zero-order valence-corrected chi connectivity index (χ0v) is 17.5. The van der Waals surface area contributed by atoms with Gasteiger partial charge in [-0.25, -0.2) is 8.42 Å². The van der Waals surface area contributed by atoms with Crippen LogP contribution in [-0.2, 0) is 14.6 Å². The third-order valence-corrected chi connectivity index (χ3v) is 6.68. The van der Waals surface area contributed by atoms with Gasteiger partial charge >= 0.3 is 0 Å². The van der Waals surface area contributed by atoms with E-state index in [0.717, 1.165) is 21.9 Å². The molecule has 0 bridgehead atoms. The lowest BCUT2D eigenvalue weighted by Crippen LogP contribution is -2.17. The van der Waals surface area contributed by atoms with Crippen molar-refractivity contribution in [2.45, 2.75) is 18.2 Å². The Balaban J connectivity index is 1.53. The summed E-state index contributed by atoms with van der Waals surface area (Å²) in [5.74, 6) is -0.222. The van der Waals surface area contributed by atoms with Crippen molar-refractivity contribution in [2.24, 2.45) is 0 Å². The van der Waals surface area contributed by atoms with Gasteiger partial charge in [-0.2, -0.15) is 0 Å². The van der Waals surface area contributed by atoms with E-state index in [0.29, 0.717) is 17.0 Å². The number of anilines is 1. The number of hydrogen-bond acceptors (Lipinski definition) is 5.